The number of morpholine rings is 1. The van der Waals surface area contributed by atoms with Crippen LogP contribution in [-0.2, 0) is 4.74 Å². The summed E-state index contributed by atoms with van der Waals surface area (Å²) in [6.07, 6.45) is 5.34. The van der Waals surface area contributed by atoms with Crippen LogP contribution in [0.15, 0.2) is 0 Å². The van der Waals surface area contributed by atoms with E-state index in [1.54, 1.807) is 0 Å². The van der Waals surface area contributed by atoms with Gasteiger partial charge in [-0.1, -0.05) is 0 Å². The summed E-state index contributed by atoms with van der Waals surface area (Å²) >= 11 is 1.92. The molecule has 0 aromatic heterocycles. The molecule has 0 radical (unpaired) electrons. The first-order valence-electron chi connectivity index (χ1n) is 6.25. The van der Waals surface area contributed by atoms with Crippen LogP contribution in [-0.4, -0.2) is 54.8 Å². The summed E-state index contributed by atoms with van der Waals surface area (Å²) in [6, 6.07) is 0.543. The zero-order chi connectivity index (χ0) is 12.0. The fraction of sp³-hybridized carbons (Fsp3) is 1.00. The highest BCUT2D eigenvalue weighted by molar-refractivity contribution is 7.98. The maximum absolute atomic E-state index is 5.89. The van der Waals surface area contributed by atoms with Crippen LogP contribution in [0.25, 0.3) is 0 Å². The Morgan fingerprint density at radius 3 is 2.50 bits per heavy atom. The molecule has 3 atom stereocenters. The fourth-order valence-corrected chi connectivity index (χ4v) is 2.88. The monoisotopic (exact) mass is 246 g/mol. The van der Waals surface area contributed by atoms with E-state index in [1.165, 1.54) is 18.6 Å². The molecule has 0 bridgehead atoms. The molecule has 1 aliphatic rings. The van der Waals surface area contributed by atoms with Crippen LogP contribution in [0.3, 0.4) is 0 Å². The summed E-state index contributed by atoms with van der Waals surface area (Å²) in [5.74, 6) is 1.24. The van der Waals surface area contributed by atoms with Gasteiger partial charge in [0.1, 0.15) is 0 Å². The molecular formula is C12H26N2OS. The highest BCUT2D eigenvalue weighted by Gasteiger charge is 2.26. The Bertz CT molecular complexity index is 182. The fourth-order valence-electron chi connectivity index (χ4n) is 2.43. The van der Waals surface area contributed by atoms with E-state index in [1.807, 2.05) is 11.8 Å². The van der Waals surface area contributed by atoms with Crippen molar-refractivity contribution < 1.29 is 4.74 Å². The average molecular weight is 246 g/mol. The second-order valence-electron chi connectivity index (χ2n) is 4.74. The number of nitrogens with zero attached hydrogens (tertiary/aromatic N) is 1. The molecule has 0 aromatic rings. The van der Waals surface area contributed by atoms with Crippen molar-refractivity contribution in [3.05, 3.63) is 0 Å². The first kappa shape index (κ1) is 14.3. The molecule has 0 amide bonds. The van der Waals surface area contributed by atoms with Crippen molar-refractivity contribution in [2.75, 3.05) is 31.6 Å². The first-order valence-corrected chi connectivity index (χ1v) is 7.65. The highest BCUT2D eigenvalue weighted by Crippen LogP contribution is 2.16. The van der Waals surface area contributed by atoms with Gasteiger partial charge in [0.05, 0.1) is 12.2 Å². The van der Waals surface area contributed by atoms with E-state index in [0.717, 1.165) is 19.6 Å². The van der Waals surface area contributed by atoms with Gasteiger partial charge in [0.2, 0.25) is 0 Å². The Hall–Kier alpha value is 0.230. The second-order valence-corrected chi connectivity index (χ2v) is 5.72. The largest absolute Gasteiger partial charge is 0.373 e. The van der Waals surface area contributed by atoms with E-state index in [4.69, 9.17) is 10.5 Å². The standard InChI is InChI=1S/C12H26N2OS/c1-10-8-14(9-11(2)15-10)12(7-13)5-4-6-16-3/h10-12H,4-9,13H2,1-3H3. The summed E-state index contributed by atoms with van der Waals surface area (Å²) in [5, 5.41) is 0. The topological polar surface area (TPSA) is 38.5 Å². The van der Waals surface area contributed by atoms with Crippen molar-refractivity contribution in [1.82, 2.24) is 4.90 Å². The van der Waals surface area contributed by atoms with Crippen molar-refractivity contribution >= 4 is 11.8 Å². The van der Waals surface area contributed by atoms with E-state index in [-0.39, 0.29) is 0 Å². The lowest BCUT2D eigenvalue weighted by atomic mass is 10.1. The van der Waals surface area contributed by atoms with Crippen molar-refractivity contribution in [1.29, 1.82) is 0 Å². The van der Waals surface area contributed by atoms with Gasteiger partial charge in [-0.15, -0.1) is 0 Å². The number of thioether (sulfide) groups is 1. The molecule has 1 rings (SSSR count). The van der Waals surface area contributed by atoms with Crippen molar-refractivity contribution in [3.8, 4) is 0 Å². The third-order valence-corrected chi connectivity index (χ3v) is 3.82. The number of nitrogens with two attached hydrogens (primary N) is 1. The molecule has 0 saturated carbocycles. The van der Waals surface area contributed by atoms with Crippen LogP contribution in [0.4, 0.5) is 0 Å². The van der Waals surface area contributed by atoms with Gasteiger partial charge in [-0.25, -0.2) is 0 Å². The lowest BCUT2D eigenvalue weighted by Gasteiger charge is -2.40. The molecule has 3 unspecified atom stereocenters. The molecule has 1 saturated heterocycles. The van der Waals surface area contributed by atoms with Crippen LogP contribution in [0.1, 0.15) is 26.7 Å². The molecule has 0 aromatic carbocycles. The van der Waals surface area contributed by atoms with Crippen molar-refractivity contribution in [2.45, 2.75) is 44.9 Å². The first-order chi connectivity index (χ1) is 7.67. The Morgan fingerprint density at radius 1 is 1.38 bits per heavy atom. The minimum absolute atomic E-state index is 0.346. The Morgan fingerprint density at radius 2 is 2.00 bits per heavy atom. The van der Waals surface area contributed by atoms with Crippen LogP contribution >= 0.6 is 11.8 Å². The zero-order valence-corrected chi connectivity index (χ0v) is 11.6. The molecule has 16 heavy (non-hydrogen) atoms. The number of hydrogen-bond acceptors (Lipinski definition) is 4. The highest BCUT2D eigenvalue weighted by atomic mass is 32.2. The minimum Gasteiger partial charge on any atom is -0.373 e. The smallest absolute Gasteiger partial charge is 0.0678 e. The van der Waals surface area contributed by atoms with Gasteiger partial charge >= 0.3 is 0 Å². The van der Waals surface area contributed by atoms with Crippen LogP contribution < -0.4 is 5.73 Å². The lowest BCUT2D eigenvalue weighted by molar-refractivity contribution is -0.0801. The van der Waals surface area contributed by atoms with E-state index in [9.17, 15) is 0 Å². The minimum atomic E-state index is 0.346. The van der Waals surface area contributed by atoms with Gasteiger partial charge in [-0.2, -0.15) is 11.8 Å². The second kappa shape index (κ2) is 7.54. The van der Waals surface area contributed by atoms with E-state index in [0.29, 0.717) is 18.2 Å². The Labute approximate surface area is 104 Å². The molecule has 4 heteroatoms. The van der Waals surface area contributed by atoms with Crippen molar-refractivity contribution in [2.24, 2.45) is 5.73 Å². The molecule has 2 N–H and O–H groups in total. The van der Waals surface area contributed by atoms with Crippen LogP contribution in [0.5, 0.6) is 0 Å². The van der Waals surface area contributed by atoms with Gasteiger partial charge in [0.25, 0.3) is 0 Å². The average Bonchev–Trinajstić information content (AvgIpc) is 2.23. The molecule has 0 aliphatic carbocycles. The van der Waals surface area contributed by atoms with Gasteiger partial charge in [0.15, 0.2) is 0 Å². The zero-order valence-electron chi connectivity index (χ0n) is 10.8. The number of hydrogen-bond donors (Lipinski definition) is 1. The SMILES string of the molecule is CSCCCC(CN)N1CC(C)OC(C)C1. The van der Waals surface area contributed by atoms with Crippen molar-refractivity contribution in [3.63, 3.8) is 0 Å². The summed E-state index contributed by atoms with van der Waals surface area (Å²) in [4.78, 5) is 2.51. The maximum Gasteiger partial charge on any atom is 0.0678 e. The predicted molar refractivity (Wildman–Crippen MR) is 72.0 cm³/mol. The van der Waals surface area contributed by atoms with E-state index < -0.39 is 0 Å². The number of ether oxygens (including phenoxy) is 1. The Balaban J connectivity index is 2.38. The van der Waals surface area contributed by atoms with Gasteiger partial charge < -0.3 is 10.5 Å². The molecule has 1 fully saturated rings. The summed E-state index contributed by atoms with van der Waals surface area (Å²) in [5.41, 5.74) is 5.89. The molecule has 3 nitrogen and oxygen atoms in total. The predicted octanol–water partition coefficient (Wildman–Crippen LogP) is 1.57. The third kappa shape index (κ3) is 4.62. The van der Waals surface area contributed by atoms with E-state index >= 15 is 0 Å². The van der Waals surface area contributed by atoms with Gasteiger partial charge in [-0.3, -0.25) is 4.90 Å². The lowest BCUT2D eigenvalue weighted by Crippen LogP contribution is -2.52. The molecule has 1 aliphatic heterocycles. The van der Waals surface area contributed by atoms with E-state index in [2.05, 4.69) is 25.0 Å². The summed E-state index contributed by atoms with van der Waals surface area (Å²) in [6.45, 7) is 7.14. The summed E-state index contributed by atoms with van der Waals surface area (Å²) < 4.78 is 5.75. The maximum atomic E-state index is 5.89. The molecule has 0 spiro atoms. The molecule has 1 heterocycles. The van der Waals surface area contributed by atoms with Crippen LogP contribution in [0, 0.1) is 0 Å². The van der Waals surface area contributed by atoms with Gasteiger partial charge in [-0.05, 0) is 38.7 Å². The number of rotatable bonds is 6. The van der Waals surface area contributed by atoms with Gasteiger partial charge in [0, 0.05) is 25.7 Å². The quantitative estimate of drug-likeness (QED) is 0.722. The molecular weight excluding hydrogens is 220 g/mol. The van der Waals surface area contributed by atoms with Crippen LogP contribution in [0.2, 0.25) is 0 Å². The third-order valence-electron chi connectivity index (χ3n) is 3.12. The Kier molecular flexibility index (Phi) is 6.73. The summed E-state index contributed by atoms with van der Waals surface area (Å²) in [7, 11) is 0. The molecule has 96 valence electrons. The normalized spacial score (nSPS) is 29.2.